The number of benzene rings is 9. The minimum absolute atomic E-state index is 0. The fraction of sp³-hybridized carbons (Fsp3) is 0.149. The smallest absolute Gasteiger partial charge is 0.545 e. The third-order valence-electron chi connectivity index (χ3n) is 13.5. The van der Waals surface area contributed by atoms with Crippen molar-refractivity contribution in [3.63, 3.8) is 0 Å². The number of nitrogens with one attached hydrogen (secondary N) is 5. The Labute approximate surface area is 553 Å². The molecular weight excluding hydrogens is 1170 g/mol. The van der Waals surface area contributed by atoms with Crippen molar-refractivity contribution < 1.29 is 77.0 Å². The van der Waals surface area contributed by atoms with Crippen LogP contribution in [0.15, 0.2) is 218 Å². The molecule has 18 nitrogen and oxygen atoms in total. The molecule has 0 saturated carbocycles. The van der Waals surface area contributed by atoms with Gasteiger partial charge in [-0.1, -0.05) is 144 Å². The predicted molar refractivity (Wildman–Crippen MR) is 355 cm³/mol. The van der Waals surface area contributed by atoms with Crippen LogP contribution in [0.5, 0.6) is 11.5 Å². The van der Waals surface area contributed by atoms with E-state index in [9.17, 15) is 53.4 Å². The third-order valence-corrected chi connectivity index (χ3v) is 13.5. The molecule has 472 valence electrons. The molecule has 0 aromatic heterocycles. The SMILES string of the molecule is CNC(C)=O.CNC(C)=O.CNC(C)=O.Cc1ccc(Cc2ccc(NC(=O)c3ccccc3C(=O)O)cc2)cc1.Cc1ccc(Cc2ccc(NC(=O)c3ccccc3C(=O)[O-])cc2)cc1.Cc1ccc(Oc2ccc(N3C(=O)c4ccccc4C3=O)cc2)cc1.[Li+]. The maximum Gasteiger partial charge on any atom is 1.00 e. The topological polar surface area (TPSA) is 270 Å². The number of nitrogens with zero attached hydrogens (tertiary/aromatic N) is 1. The van der Waals surface area contributed by atoms with Crippen LogP contribution in [0.4, 0.5) is 17.1 Å². The Hall–Kier alpha value is -11.2. The molecule has 0 bridgehead atoms. The second kappa shape index (κ2) is 37.7. The number of carbonyl (C=O) groups is 9. The summed E-state index contributed by atoms with van der Waals surface area (Å²) in [6, 6.07) is 65.5. The molecule has 0 aliphatic carbocycles. The van der Waals surface area contributed by atoms with Crippen LogP contribution in [0.1, 0.15) is 122 Å². The van der Waals surface area contributed by atoms with Gasteiger partial charge in [0.2, 0.25) is 17.7 Å². The van der Waals surface area contributed by atoms with E-state index in [0.29, 0.717) is 33.9 Å². The molecule has 9 aromatic rings. The molecule has 10 rings (SSSR count). The summed E-state index contributed by atoms with van der Waals surface area (Å²) in [4.78, 5) is 102. The van der Waals surface area contributed by atoms with Gasteiger partial charge in [-0.05, 0) is 147 Å². The molecule has 6 N–H and O–H groups in total. The van der Waals surface area contributed by atoms with Crippen molar-refractivity contribution >= 4 is 70.4 Å². The van der Waals surface area contributed by atoms with E-state index in [1.807, 2.05) is 79.7 Å². The molecule has 93 heavy (non-hydrogen) atoms. The minimum atomic E-state index is -1.37. The molecule has 0 radical (unpaired) electrons. The molecule has 1 aliphatic rings. The number of rotatable bonds is 13. The fourth-order valence-corrected chi connectivity index (χ4v) is 8.25. The Morgan fingerprint density at radius 1 is 0.409 bits per heavy atom. The molecule has 1 aliphatic heterocycles. The van der Waals surface area contributed by atoms with Gasteiger partial charge in [-0.15, -0.1) is 0 Å². The molecule has 0 saturated heterocycles. The normalized spacial score (nSPS) is 10.4. The van der Waals surface area contributed by atoms with E-state index in [1.54, 1.807) is 93.9 Å². The zero-order valence-corrected chi connectivity index (χ0v) is 53.6. The van der Waals surface area contributed by atoms with E-state index in [0.717, 1.165) is 35.3 Å². The van der Waals surface area contributed by atoms with Gasteiger partial charge in [-0.3, -0.25) is 33.6 Å². The van der Waals surface area contributed by atoms with Crippen molar-refractivity contribution in [2.45, 2.75) is 54.4 Å². The van der Waals surface area contributed by atoms with Crippen LogP contribution in [-0.4, -0.2) is 79.5 Å². The quantitative estimate of drug-likeness (QED) is 0.0468. The first kappa shape index (κ1) is 74.3. The van der Waals surface area contributed by atoms with E-state index >= 15 is 0 Å². The number of aryl methyl sites for hydroxylation is 3. The molecule has 0 spiro atoms. The summed E-state index contributed by atoms with van der Waals surface area (Å²) in [6.45, 7) is 10.5. The van der Waals surface area contributed by atoms with Crippen LogP contribution in [-0.2, 0) is 27.2 Å². The number of hydrogen-bond acceptors (Lipinski definition) is 11. The van der Waals surface area contributed by atoms with Crippen LogP contribution in [0.3, 0.4) is 0 Å². The zero-order chi connectivity index (χ0) is 67.3. The Balaban J connectivity index is 0.000000266. The van der Waals surface area contributed by atoms with E-state index < -0.39 is 23.8 Å². The number of imide groups is 1. The summed E-state index contributed by atoms with van der Waals surface area (Å²) in [6.07, 6.45) is 1.62. The summed E-state index contributed by atoms with van der Waals surface area (Å²) in [7, 11) is 4.80. The number of hydrogen-bond donors (Lipinski definition) is 6. The first-order valence-electron chi connectivity index (χ1n) is 28.9. The predicted octanol–water partition coefficient (Wildman–Crippen LogP) is 8.59. The van der Waals surface area contributed by atoms with Crippen molar-refractivity contribution in [2.24, 2.45) is 0 Å². The van der Waals surface area contributed by atoms with E-state index in [4.69, 9.17) is 4.74 Å². The number of carboxylic acids is 2. The number of aromatic carboxylic acids is 2. The maximum absolute atomic E-state index is 12.5. The fourth-order valence-electron chi connectivity index (χ4n) is 8.25. The summed E-state index contributed by atoms with van der Waals surface area (Å²) in [5, 5.41) is 33.0. The van der Waals surface area contributed by atoms with E-state index in [-0.39, 0.29) is 70.7 Å². The first-order chi connectivity index (χ1) is 44.0. The largest absolute Gasteiger partial charge is 1.00 e. The summed E-state index contributed by atoms with van der Waals surface area (Å²) in [5.74, 6) is -2.61. The van der Waals surface area contributed by atoms with Gasteiger partial charge in [-0.2, -0.15) is 0 Å². The van der Waals surface area contributed by atoms with Crippen LogP contribution >= 0.6 is 0 Å². The monoisotopic (exact) mass is 1240 g/mol. The van der Waals surface area contributed by atoms with E-state index in [1.165, 1.54) is 72.2 Å². The van der Waals surface area contributed by atoms with Gasteiger partial charge in [0.15, 0.2) is 0 Å². The molecule has 0 fully saturated rings. The summed E-state index contributed by atoms with van der Waals surface area (Å²) >= 11 is 0. The van der Waals surface area contributed by atoms with Gasteiger partial charge < -0.3 is 46.3 Å². The number of carboxylic acid groups (broad SMARTS) is 2. The van der Waals surface area contributed by atoms with Crippen molar-refractivity contribution in [1.82, 2.24) is 16.0 Å². The Morgan fingerprint density at radius 2 is 0.688 bits per heavy atom. The van der Waals surface area contributed by atoms with Gasteiger partial charge in [0.25, 0.3) is 23.6 Å². The number of amides is 7. The molecule has 7 amide bonds. The first-order valence-corrected chi connectivity index (χ1v) is 28.9. The second-order valence-corrected chi connectivity index (χ2v) is 20.6. The molecule has 0 unspecified atom stereocenters. The molecule has 9 aromatic carbocycles. The van der Waals surface area contributed by atoms with Crippen molar-refractivity contribution in [2.75, 3.05) is 36.7 Å². The van der Waals surface area contributed by atoms with Crippen LogP contribution in [0, 0.1) is 20.8 Å². The average Bonchev–Trinajstić information content (AvgIpc) is 1.64. The molecule has 19 heteroatoms. The van der Waals surface area contributed by atoms with Crippen molar-refractivity contribution in [3.05, 3.63) is 291 Å². The summed E-state index contributed by atoms with van der Waals surface area (Å²) < 4.78 is 5.78. The van der Waals surface area contributed by atoms with Gasteiger partial charge in [0, 0.05) is 64.4 Å². The van der Waals surface area contributed by atoms with Crippen LogP contribution in [0.25, 0.3) is 0 Å². The maximum atomic E-state index is 12.5. The van der Waals surface area contributed by atoms with E-state index in [2.05, 4.69) is 89.0 Å². The Morgan fingerprint density at radius 3 is 1.01 bits per heavy atom. The average molecular weight is 1250 g/mol. The Bertz CT molecular complexity index is 3760. The zero-order valence-electron chi connectivity index (χ0n) is 53.6. The third kappa shape index (κ3) is 24.3. The summed E-state index contributed by atoms with van der Waals surface area (Å²) in [5.41, 5.74) is 11.0. The van der Waals surface area contributed by atoms with Crippen LogP contribution < -0.4 is 60.2 Å². The van der Waals surface area contributed by atoms with Gasteiger partial charge >= 0.3 is 24.8 Å². The van der Waals surface area contributed by atoms with Gasteiger partial charge in [0.05, 0.1) is 33.9 Å². The van der Waals surface area contributed by atoms with Crippen molar-refractivity contribution in [1.29, 1.82) is 0 Å². The molecular formula is C74H73LiN6O12. The standard InChI is InChI=1S/2C22H19NO3.C21H15NO3.3C3H7NO.Li/c2*1-15-6-8-16(9-7-15)14-17-10-12-18(13-11-17)23-21(24)19-4-2-3-5-20(19)22(25)26;1-14-6-10-16(11-7-14)25-17-12-8-15(9-13-17)22-20(23)18-4-2-3-5-19(18)21(22)24;3*1-3(5)4-2;/h2*2-13H,14H2,1H3,(H,23,24)(H,25,26);2-13H,1H3;3*1-2H3,(H,4,5);/q;;;;;;+1/p-1. The minimum Gasteiger partial charge on any atom is -0.545 e. The number of fused-ring (bicyclic) bond motifs is 1. The molecule has 1 heterocycles. The van der Waals surface area contributed by atoms with Crippen LogP contribution in [0.2, 0.25) is 0 Å². The number of carbonyl (C=O) groups excluding carboxylic acids is 8. The number of ether oxygens (including phenoxy) is 1. The van der Waals surface area contributed by atoms with Crippen molar-refractivity contribution in [3.8, 4) is 11.5 Å². The van der Waals surface area contributed by atoms with Gasteiger partial charge in [0.1, 0.15) is 11.5 Å². The second-order valence-electron chi connectivity index (χ2n) is 20.6. The number of anilines is 3. The van der Waals surface area contributed by atoms with Gasteiger partial charge in [-0.25, -0.2) is 9.69 Å². The Kier molecular flexibility index (Phi) is 30.1. The molecule has 0 atom stereocenters.